The molecular formula is C37H63N3O8. The smallest absolute Gasteiger partial charge is 0.319 e. The van der Waals surface area contributed by atoms with Gasteiger partial charge in [-0.1, -0.05) is 26.0 Å². The fourth-order valence-electron chi connectivity index (χ4n) is 7.30. The van der Waals surface area contributed by atoms with Crippen molar-refractivity contribution in [3.05, 3.63) is 29.8 Å². The van der Waals surface area contributed by atoms with Crippen molar-refractivity contribution in [2.75, 3.05) is 68.1 Å². The van der Waals surface area contributed by atoms with Gasteiger partial charge in [0.1, 0.15) is 17.3 Å². The number of ketones is 1. The lowest BCUT2D eigenvalue weighted by molar-refractivity contribution is -0.295. The zero-order valence-electron chi connectivity index (χ0n) is 31.4. The number of hydrogen-bond acceptors (Lipinski definition) is 11. The third-order valence-electron chi connectivity index (χ3n) is 10.2. The monoisotopic (exact) mass is 677 g/mol. The maximum atomic E-state index is 14.3. The molecule has 11 nitrogen and oxygen atoms in total. The van der Waals surface area contributed by atoms with Gasteiger partial charge in [-0.05, 0) is 91.7 Å². The van der Waals surface area contributed by atoms with E-state index >= 15 is 0 Å². The van der Waals surface area contributed by atoms with E-state index in [0.29, 0.717) is 19.3 Å². The zero-order valence-corrected chi connectivity index (χ0v) is 31.4. The van der Waals surface area contributed by atoms with Crippen LogP contribution in [0.1, 0.15) is 66.4 Å². The molecule has 0 saturated carbocycles. The normalized spacial score (nSPS) is 34.1. The first kappa shape index (κ1) is 40.3. The Morgan fingerprint density at radius 3 is 2.29 bits per heavy atom. The molecule has 0 aromatic heterocycles. The Labute approximate surface area is 289 Å². The maximum absolute atomic E-state index is 14.3. The second kappa shape index (κ2) is 17.7. The summed E-state index contributed by atoms with van der Waals surface area (Å²) in [6.45, 7) is 15.3. The van der Waals surface area contributed by atoms with Crippen LogP contribution in [0.5, 0.6) is 5.75 Å². The van der Waals surface area contributed by atoms with Crippen LogP contribution in [0.2, 0.25) is 0 Å². The summed E-state index contributed by atoms with van der Waals surface area (Å²) in [4.78, 5) is 34.4. The Balaban J connectivity index is 1.91. The lowest BCUT2D eigenvalue weighted by atomic mass is 9.74. The van der Waals surface area contributed by atoms with Crippen molar-refractivity contribution in [3.63, 3.8) is 0 Å². The first-order valence-corrected chi connectivity index (χ1v) is 17.5. The highest BCUT2D eigenvalue weighted by atomic mass is 16.7. The van der Waals surface area contributed by atoms with E-state index in [4.69, 9.17) is 23.7 Å². The third kappa shape index (κ3) is 10.4. The molecule has 1 N–H and O–H groups in total. The van der Waals surface area contributed by atoms with Crippen LogP contribution in [-0.4, -0.2) is 136 Å². The van der Waals surface area contributed by atoms with Gasteiger partial charge in [-0.25, -0.2) is 0 Å². The van der Waals surface area contributed by atoms with E-state index in [-0.39, 0.29) is 30.5 Å². The molecule has 1 aromatic carbocycles. The van der Waals surface area contributed by atoms with Crippen LogP contribution in [-0.2, 0) is 35.1 Å². The fourth-order valence-corrected chi connectivity index (χ4v) is 7.30. The molecule has 3 rings (SSSR count). The third-order valence-corrected chi connectivity index (χ3v) is 10.2. The molecule has 2 aliphatic heterocycles. The number of esters is 1. The Hall–Kier alpha value is -2.12. The summed E-state index contributed by atoms with van der Waals surface area (Å²) in [5.74, 6) is -0.656. The summed E-state index contributed by atoms with van der Waals surface area (Å²) in [7, 11) is 9.27. The van der Waals surface area contributed by atoms with Gasteiger partial charge in [-0.2, -0.15) is 0 Å². The second-order valence-corrected chi connectivity index (χ2v) is 15.1. The molecule has 1 aromatic rings. The van der Waals surface area contributed by atoms with Crippen molar-refractivity contribution >= 4 is 11.8 Å². The van der Waals surface area contributed by atoms with Crippen LogP contribution in [0.15, 0.2) is 24.3 Å². The lowest BCUT2D eigenvalue weighted by Crippen LogP contribution is -2.59. The van der Waals surface area contributed by atoms with E-state index in [2.05, 4.69) is 35.9 Å². The number of cyclic esters (lactones) is 1. The second-order valence-electron chi connectivity index (χ2n) is 15.1. The molecule has 2 aliphatic rings. The van der Waals surface area contributed by atoms with Gasteiger partial charge >= 0.3 is 5.97 Å². The molecule has 2 fully saturated rings. The van der Waals surface area contributed by atoms with E-state index in [9.17, 15) is 14.7 Å². The van der Waals surface area contributed by atoms with E-state index in [0.717, 1.165) is 38.5 Å². The van der Waals surface area contributed by atoms with Gasteiger partial charge in [-0.3, -0.25) is 14.5 Å². The van der Waals surface area contributed by atoms with E-state index in [1.165, 1.54) is 5.56 Å². The fraction of sp³-hybridized carbons (Fsp3) is 0.784. The summed E-state index contributed by atoms with van der Waals surface area (Å²) >= 11 is 0. The van der Waals surface area contributed by atoms with Crippen molar-refractivity contribution in [1.82, 2.24) is 14.7 Å². The molecule has 274 valence electrons. The molecule has 0 unspecified atom stereocenters. The number of aliphatic hydroxyl groups is 1. The molecule has 8 atom stereocenters. The number of benzene rings is 1. The van der Waals surface area contributed by atoms with Crippen molar-refractivity contribution in [2.24, 2.45) is 17.3 Å². The molecule has 0 amide bonds. The van der Waals surface area contributed by atoms with Crippen molar-refractivity contribution in [2.45, 2.75) is 104 Å². The lowest BCUT2D eigenvalue weighted by Gasteiger charge is -2.47. The van der Waals surface area contributed by atoms with Gasteiger partial charge in [0.25, 0.3) is 0 Å². The van der Waals surface area contributed by atoms with Crippen LogP contribution >= 0.6 is 0 Å². The van der Waals surface area contributed by atoms with Crippen LogP contribution < -0.4 is 4.74 Å². The topological polar surface area (TPSA) is 110 Å². The van der Waals surface area contributed by atoms with Crippen LogP contribution in [0.4, 0.5) is 0 Å². The molecule has 2 saturated heterocycles. The van der Waals surface area contributed by atoms with E-state index in [1.807, 2.05) is 45.0 Å². The molecule has 0 spiro atoms. The Morgan fingerprint density at radius 2 is 1.69 bits per heavy atom. The van der Waals surface area contributed by atoms with E-state index < -0.39 is 41.4 Å². The number of rotatable bonds is 7. The van der Waals surface area contributed by atoms with Crippen molar-refractivity contribution in [3.8, 4) is 5.75 Å². The Morgan fingerprint density at radius 1 is 1.02 bits per heavy atom. The first-order chi connectivity index (χ1) is 22.5. The van der Waals surface area contributed by atoms with Gasteiger partial charge in [0.2, 0.25) is 0 Å². The van der Waals surface area contributed by atoms with Gasteiger partial charge < -0.3 is 38.6 Å². The Kier molecular flexibility index (Phi) is 14.9. The number of likely N-dealkylation sites (N-methyl/N-ethyl adjacent to an activating group) is 2. The summed E-state index contributed by atoms with van der Waals surface area (Å²) in [6, 6.07) is 7.90. The molecule has 0 bridgehead atoms. The van der Waals surface area contributed by atoms with Crippen LogP contribution in [0.3, 0.4) is 0 Å². The number of ether oxygens (including phenoxy) is 5. The zero-order chi connectivity index (χ0) is 35.8. The van der Waals surface area contributed by atoms with Gasteiger partial charge in [-0.15, -0.1) is 0 Å². The number of methoxy groups -OCH3 is 2. The van der Waals surface area contributed by atoms with Gasteiger partial charge in [0, 0.05) is 51.8 Å². The number of aliphatic hydroxyl groups excluding tert-OH is 1. The average molecular weight is 678 g/mol. The molecule has 11 heteroatoms. The van der Waals surface area contributed by atoms with Crippen molar-refractivity contribution in [1.29, 1.82) is 0 Å². The molecular weight excluding hydrogens is 614 g/mol. The highest BCUT2D eigenvalue weighted by Gasteiger charge is 2.51. The SMILES string of the molecule is COc1ccc(CN2CCCOC(=O)C(C)(C)C(=O)[C@H](C)[C@@H](O[C@@H]3O[C@H](C)C[C@H](N(C)C)[C@H]3O)[C@](C)(OC)C[C@@H](C)CN(C)CC2)cc1. The largest absolute Gasteiger partial charge is 0.497 e. The minimum atomic E-state index is -1.43. The summed E-state index contributed by atoms with van der Waals surface area (Å²) in [5, 5.41) is 11.4. The summed E-state index contributed by atoms with van der Waals surface area (Å²) in [5.41, 5.74) is -1.19. The standard InChI is InChI=1S/C37H63N3O8/c1-25-22-37(6,45-11)33(48-34-31(41)30(38(7)8)21-26(2)47-34)27(3)32(42)36(4,5)35(43)46-20-12-17-40(19-18-39(9)23-25)24-28-13-15-29(44-10)16-14-28/h13-16,25-27,30-31,33-34,41H,12,17-24H2,1-11H3/t25-,26-,27+,30+,31-,33-,34+,37-/m1/s1. The summed E-state index contributed by atoms with van der Waals surface area (Å²) < 4.78 is 30.1. The van der Waals surface area contributed by atoms with Crippen molar-refractivity contribution < 1.29 is 38.4 Å². The highest BCUT2D eigenvalue weighted by molar-refractivity contribution is 6.04. The van der Waals surface area contributed by atoms with Gasteiger partial charge in [0.15, 0.2) is 12.1 Å². The minimum absolute atomic E-state index is 0.163. The summed E-state index contributed by atoms with van der Waals surface area (Å²) in [6.07, 6.45) is -1.04. The Bertz CT molecular complexity index is 1160. The van der Waals surface area contributed by atoms with Crippen LogP contribution in [0.25, 0.3) is 0 Å². The van der Waals surface area contributed by atoms with E-state index in [1.54, 1.807) is 35.0 Å². The number of hydrogen-bond donors (Lipinski definition) is 1. The highest BCUT2D eigenvalue weighted by Crippen LogP contribution is 2.38. The number of Topliss-reactive ketones (excluding diaryl/α,β-unsaturated/α-hetero) is 1. The average Bonchev–Trinajstić information content (AvgIpc) is 3.04. The maximum Gasteiger partial charge on any atom is 0.319 e. The minimum Gasteiger partial charge on any atom is -0.497 e. The molecule has 0 aliphatic carbocycles. The molecule has 0 radical (unpaired) electrons. The number of carbonyl (C=O) groups excluding carboxylic acids is 2. The molecule has 2 heterocycles. The number of carbonyl (C=O) groups is 2. The van der Waals surface area contributed by atoms with Gasteiger partial charge in [0.05, 0.1) is 31.5 Å². The predicted octanol–water partition coefficient (Wildman–Crippen LogP) is 3.85. The van der Waals surface area contributed by atoms with Crippen LogP contribution in [0, 0.1) is 17.3 Å². The predicted molar refractivity (Wildman–Crippen MR) is 186 cm³/mol. The quantitative estimate of drug-likeness (QED) is 0.336. The number of nitrogens with zero attached hydrogens (tertiary/aromatic N) is 3. The molecule has 48 heavy (non-hydrogen) atoms. The first-order valence-electron chi connectivity index (χ1n) is 17.5.